The molecule has 1 spiro atoms. The van der Waals surface area contributed by atoms with E-state index in [0.717, 1.165) is 16.7 Å². The van der Waals surface area contributed by atoms with Crippen LogP contribution < -0.4 is 10.6 Å². The van der Waals surface area contributed by atoms with Gasteiger partial charge < -0.3 is 15.4 Å². The molecule has 160 valence electrons. The van der Waals surface area contributed by atoms with E-state index in [-0.39, 0.29) is 12.6 Å². The normalized spacial score (nSPS) is 22.3. The Hall–Kier alpha value is -2.47. The zero-order valence-corrected chi connectivity index (χ0v) is 17.2. The lowest BCUT2D eigenvalue weighted by molar-refractivity contribution is -0.00828. The van der Waals surface area contributed by atoms with Crippen molar-refractivity contribution in [2.75, 3.05) is 19.8 Å². The van der Waals surface area contributed by atoms with Gasteiger partial charge in [-0.3, -0.25) is 0 Å². The number of halogens is 2. The van der Waals surface area contributed by atoms with Crippen molar-refractivity contribution in [2.24, 2.45) is 11.3 Å². The van der Waals surface area contributed by atoms with Crippen LogP contribution in [0.15, 0.2) is 54.6 Å². The third-order valence-corrected chi connectivity index (χ3v) is 6.52. The smallest absolute Gasteiger partial charge is 0.315 e. The second-order valence-electron chi connectivity index (χ2n) is 8.47. The van der Waals surface area contributed by atoms with Gasteiger partial charge in [0.25, 0.3) is 5.92 Å². The molecule has 6 heteroatoms. The lowest BCUT2D eigenvalue weighted by atomic mass is 9.93. The number of benzene rings is 2. The topological polar surface area (TPSA) is 50.4 Å². The fraction of sp³-hybridized carbons (Fsp3) is 0.458. The number of amides is 2. The molecule has 30 heavy (non-hydrogen) atoms. The second-order valence-corrected chi connectivity index (χ2v) is 8.47. The Morgan fingerprint density at radius 1 is 1.07 bits per heavy atom. The number of hydrogen-bond donors (Lipinski definition) is 2. The van der Waals surface area contributed by atoms with Gasteiger partial charge in [-0.1, -0.05) is 54.6 Å². The Kier molecular flexibility index (Phi) is 5.78. The van der Waals surface area contributed by atoms with Crippen LogP contribution in [0, 0.1) is 11.3 Å². The van der Waals surface area contributed by atoms with Crippen LogP contribution in [0.1, 0.15) is 25.3 Å². The van der Waals surface area contributed by atoms with Crippen molar-refractivity contribution in [3.05, 3.63) is 60.2 Å². The molecule has 1 aliphatic heterocycles. The van der Waals surface area contributed by atoms with E-state index in [4.69, 9.17) is 4.74 Å². The first-order valence-corrected chi connectivity index (χ1v) is 10.6. The molecule has 2 aromatic carbocycles. The highest BCUT2D eigenvalue weighted by Crippen LogP contribution is 2.70. The summed E-state index contributed by atoms with van der Waals surface area (Å²) >= 11 is 0. The molecule has 4 nitrogen and oxygen atoms in total. The lowest BCUT2D eigenvalue weighted by Crippen LogP contribution is -2.42. The van der Waals surface area contributed by atoms with E-state index in [1.165, 1.54) is 0 Å². The van der Waals surface area contributed by atoms with Crippen LogP contribution in [0.3, 0.4) is 0 Å². The molecule has 1 saturated heterocycles. The van der Waals surface area contributed by atoms with Gasteiger partial charge in [0.1, 0.15) is 0 Å². The van der Waals surface area contributed by atoms with Crippen molar-refractivity contribution in [2.45, 2.75) is 38.2 Å². The number of alkyl halides is 2. The number of rotatable bonds is 6. The molecule has 1 heterocycles. The summed E-state index contributed by atoms with van der Waals surface area (Å²) in [6.07, 6.45) is 1.40. The summed E-state index contributed by atoms with van der Waals surface area (Å²) in [4.78, 5) is 12.2. The first kappa shape index (κ1) is 20.8. The molecule has 0 bridgehead atoms. The Morgan fingerprint density at radius 3 is 2.37 bits per heavy atom. The largest absolute Gasteiger partial charge is 0.381 e. The Labute approximate surface area is 176 Å². The van der Waals surface area contributed by atoms with Gasteiger partial charge in [-0.25, -0.2) is 13.6 Å². The van der Waals surface area contributed by atoms with Gasteiger partial charge in [0, 0.05) is 31.2 Å². The quantitative estimate of drug-likeness (QED) is 0.723. The van der Waals surface area contributed by atoms with Gasteiger partial charge in [0.05, 0.1) is 5.92 Å². The maximum atomic E-state index is 14.3. The molecule has 2 aromatic rings. The van der Waals surface area contributed by atoms with Crippen molar-refractivity contribution < 1.29 is 18.3 Å². The van der Waals surface area contributed by atoms with Crippen LogP contribution in [0.4, 0.5) is 13.6 Å². The highest BCUT2D eigenvalue weighted by atomic mass is 19.3. The van der Waals surface area contributed by atoms with Crippen molar-refractivity contribution in [1.82, 2.24) is 10.6 Å². The van der Waals surface area contributed by atoms with Crippen molar-refractivity contribution in [3.8, 4) is 11.1 Å². The molecule has 2 fully saturated rings. The molecule has 0 radical (unpaired) electrons. The Morgan fingerprint density at radius 2 is 1.70 bits per heavy atom. The zero-order valence-electron chi connectivity index (χ0n) is 17.2. The van der Waals surface area contributed by atoms with E-state index in [9.17, 15) is 13.6 Å². The number of carbonyl (C=O) groups excluding carboxylic acids is 1. The third kappa shape index (κ3) is 4.06. The van der Waals surface area contributed by atoms with Crippen LogP contribution in [0.2, 0.25) is 0 Å². The minimum atomic E-state index is -2.71. The van der Waals surface area contributed by atoms with E-state index in [2.05, 4.69) is 47.0 Å². The maximum Gasteiger partial charge on any atom is 0.315 e. The maximum absolute atomic E-state index is 14.3. The number of urea groups is 1. The highest BCUT2D eigenvalue weighted by molar-refractivity contribution is 5.74. The highest BCUT2D eigenvalue weighted by Gasteiger charge is 2.79. The molecular formula is C24H28F2N2O2. The molecule has 2 atom stereocenters. The summed E-state index contributed by atoms with van der Waals surface area (Å²) in [6, 6.07) is 17.9. The molecule has 2 N–H and O–H groups in total. The Bertz CT molecular complexity index is 865. The van der Waals surface area contributed by atoms with Crippen LogP contribution in [0.25, 0.3) is 11.1 Å². The van der Waals surface area contributed by atoms with E-state index in [1.807, 2.05) is 25.1 Å². The average molecular weight is 414 g/mol. The fourth-order valence-corrected chi connectivity index (χ4v) is 4.67. The molecule has 0 aromatic heterocycles. The summed E-state index contributed by atoms with van der Waals surface area (Å²) < 4.78 is 33.8. The molecular weight excluding hydrogens is 386 g/mol. The van der Waals surface area contributed by atoms with Crippen molar-refractivity contribution >= 4 is 6.03 Å². The van der Waals surface area contributed by atoms with Gasteiger partial charge in [-0.2, -0.15) is 0 Å². The van der Waals surface area contributed by atoms with Gasteiger partial charge in [0.15, 0.2) is 0 Å². The molecule has 2 aliphatic rings. The third-order valence-electron chi connectivity index (χ3n) is 6.52. The monoisotopic (exact) mass is 414 g/mol. The Balaban J connectivity index is 1.24. The summed E-state index contributed by atoms with van der Waals surface area (Å²) in [5.41, 5.74) is 2.43. The summed E-state index contributed by atoms with van der Waals surface area (Å²) in [5.74, 6) is -3.50. The number of ether oxygens (including phenoxy) is 1. The lowest BCUT2D eigenvalue weighted by Gasteiger charge is -2.22. The number of hydrogen-bond acceptors (Lipinski definition) is 2. The summed E-state index contributed by atoms with van der Waals surface area (Å²) in [7, 11) is 0. The zero-order chi connectivity index (χ0) is 21.2. The molecule has 2 unspecified atom stereocenters. The molecule has 1 aliphatic carbocycles. The van der Waals surface area contributed by atoms with Crippen molar-refractivity contribution in [1.29, 1.82) is 0 Å². The predicted molar refractivity (Wildman–Crippen MR) is 113 cm³/mol. The van der Waals surface area contributed by atoms with E-state index in [1.54, 1.807) is 0 Å². The van der Waals surface area contributed by atoms with Gasteiger partial charge in [-0.05, 0) is 42.9 Å². The van der Waals surface area contributed by atoms with Crippen LogP contribution >= 0.6 is 0 Å². The van der Waals surface area contributed by atoms with Crippen molar-refractivity contribution in [3.63, 3.8) is 0 Å². The second kappa shape index (κ2) is 8.34. The number of carbonyl (C=O) groups is 1. The molecule has 1 saturated carbocycles. The first-order chi connectivity index (χ1) is 14.4. The van der Waals surface area contributed by atoms with Crippen LogP contribution in [0.5, 0.6) is 0 Å². The minimum Gasteiger partial charge on any atom is -0.381 e. The van der Waals surface area contributed by atoms with E-state index >= 15 is 0 Å². The van der Waals surface area contributed by atoms with Crippen LogP contribution in [-0.4, -0.2) is 37.8 Å². The first-order valence-electron chi connectivity index (χ1n) is 10.6. The van der Waals surface area contributed by atoms with E-state index in [0.29, 0.717) is 32.5 Å². The van der Waals surface area contributed by atoms with Gasteiger partial charge >= 0.3 is 6.03 Å². The van der Waals surface area contributed by atoms with Gasteiger partial charge in [0.2, 0.25) is 0 Å². The average Bonchev–Trinajstić information content (AvgIpc) is 3.19. The molecule has 4 rings (SSSR count). The predicted octanol–water partition coefficient (Wildman–Crippen LogP) is 4.65. The summed E-state index contributed by atoms with van der Waals surface area (Å²) in [6.45, 7) is 2.66. The summed E-state index contributed by atoms with van der Waals surface area (Å²) in [5, 5.41) is 5.51. The van der Waals surface area contributed by atoms with Crippen LogP contribution in [-0.2, 0) is 11.2 Å². The molecule has 2 amide bonds. The SMILES string of the molecule is CC(Cc1ccc(-c2ccccc2)cc1)NC(=O)NCC1C(F)(F)C12CCOCC2. The van der Waals surface area contributed by atoms with E-state index < -0.39 is 23.3 Å². The number of nitrogens with one attached hydrogen (secondary N) is 2. The minimum absolute atomic E-state index is 0.00265. The standard InChI is InChI=1S/C24H28F2N2O2/c1-17(15-18-7-9-20(10-8-18)19-5-3-2-4-6-19)28-22(29)27-16-21-23(24(21,25)26)11-13-30-14-12-23/h2-10,17,21H,11-16H2,1H3,(H2,27,28,29). The fourth-order valence-electron chi connectivity index (χ4n) is 4.67. The van der Waals surface area contributed by atoms with Gasteiger partial charge in [-0.15, -0.1) is 0 Å².